The van der Waals surface area contributed by atoms with Gasteiger partial charge in [-0.15, -0.1) is 0 Å². The molecule has 1 aliphatic heterocycles. The number of fused-ring (bicyclic) bond motifs is 1. The minimum absolute atomic E-state index is 0.823. The van der Waals surface area contributed by atoms with Gasteiger partial charge < -0.3 is 14.6 Å². The van der Waals surface area contributed by atoms with Crippen molar-refractivity contribution >= 4 is 11.0 Å². The predicted octanol–water partition coefficient (Wildman–Crippen LogP) is 3.32. The monoisotopic (exact) mass is 284 g/mol. The van der Waals surface area contributed by atoms with Crippen LogP contribution in [0.25, 0.3) is 11.0 Å². The fourth-order valence-corrected chi connectivity index (χ4v) is 3.64. The number of aryl methyl sites for hydroxylation is 1. The van der Waals surface area contributed by atoms with Crippen LogP contribution in [0.5, 0.6) is 0 Å². The lowest BCUT2D eigenvalue weighted by molar-refractivity contribution is 0.312. The molecule has 2 fully saturated rings. The molecule has 21 heavy (non-hydrogen) atoms. The largest absolute Gasteiger partial charge is 0.461 e. The Hall–Kier alpha value is -1.32. The second-order valence-corrected chi connectivity index (χ2v) is 6.64. The number of rotatable bonds is 5. The van der Waals surface area contributed by atoms with Crippen molar-refractivity contribution in [1.29, 1.82) is 0 Å². The van der Waals surface area contributed by atoms with Crippen molar-refractivity contribution < 1.29 is 4.42 Å². The molecular formula is C18H24N2O. The van der Waals surface area contributed by atoms with Crippen LogP contribution < -0.4 is 5.32 Å². The third-order valence-electron chi connectivity index (χ3n) is 5.02. The number of para-hydroxylation sites is 1. The maximum Gasteiger partial charge on any atom is 0.134 e. The summed E-state index contributed by atoms with van der Waals surface area (Å²) in [7, 11) is 0. The third kappa shape index (κ3) is 2.72. The number of nitrogens with one attached hydrogen (secondary N) is 1. The van der Waals surface area contributed by atoms with E-state index in [9.17, 15) is 0 Å². The molecule has 0 amide bonds. The molecule has 0 bridgehead atoms. The van der Waals surface area contributed by atoms with E-state index in [1.807, 2.05) is 6.07 Å². The van der Waals surface area contributed by atoms with Crippen molar-refractivity contribution in [2.75, 3.05) is 19.6 Å². The Morgan fingerprint density at radius 2 is 2.10 bits per heavy atom. The Kier molecular flexibility index (Phi) is 3.48. The molecule has 4 rings (SSSR count). The number of hydrogen-bond acceptors (Lipinski definition) is 3. The summed E-state index contributed by atoms with van der Waals surface area (Å²) in [6.07, 6.45) is 4.22. The first-order valence-corrected chi connectivity index (χ1v) is 8.23. The fraction of sp³-hybridized carbons (Fsp3) is 0.556. The highest BCUT2D eigenvalue weighted by Gasteiger charge is 2.34. The lowest BCUT2D eigenvalue weighted by Gasteiger charge is -2.15. The molecule has 0 radical (unpaired) electrons. The van der Waals surface area contributed by atoms with Gasteiger partial charge in [0.1, 0.15) is 11.3 Å². The lowest BCUT2D eigenvalue weighted by atomic mass is 10.1. The smallest absolute Gasteiger partial charge is 0.134 e. The summed E-state index contributed by atoms with van der Waals surface area (Å²) in [5.74, 6) is 1.87. The first-order chi connectivity index (χ1) is 10.3. The summed E-state index contributed by atoms with van der Waals surface area (Å²) in [4.78, 5) is 2.69. The number of hydrogen-bond donors (Lipinski definition) is 1. The van der Waals surface area contributed by atoms with E-state index in [0.717, 1.165) is 36.4 Å². The molecule has 3 heteroatoms. The molecule has 1 aliphatic carbocycles. The molecular weight excluding hydrogens is 260 g/mol. The molecule has 1 unspecified atom stereocenters. The predicted molar refractivity (Wildman–Crippen MR) is 85.4 cm³/mol. The minimum Gasteiger partial charge on any atom is -0.461 e. The van der Waals surface area contributed by atoms with Crippen molar-refractivity contribution in [3.8, 4) is 0 Å². The van der Waals surface area contributed by atoms with Crippen molar-refractivity contribution in [2.45, 2.75) is 38.8 Å². The Labute approximate surface area is 126 Å². The highest BCUT2D eigenvalue weighted by molar-refractivity contribution is 5.82. The van der Waals surface area contributed by atoms with Crippen LogP contribution in [-0.4, -0.2) is 30.6 Å². The highest BCUT2D eigenvalue weighted by Crippen LogP contribution is 2.31. The van der Waals surface area contributed by atoms with E-state index >= 15 is 0 Å². The zero-order valence-electron chi connectivity index (χ0n) is 12.8. The Morgan fingerprint density at radius 1 is 1.24 bits per heavy atom. The van der Waals surface area contributed by atoms with Crippen LogP contribution in [0.4, 0.5) is 0 Å². The van der Waals surface area contributed by atoms with Crippen LogP contribution in [0, 0.1) is 12.8 Å². The summed E-state index contributed by atoms with van der Waals surface area (Å²) in [6, 6.07) is 9.26. The van der Waals surface area contributed by atoms with Crippen LogP contribution in [0.3, 0.4) is 0 Å². The van der Waals surface area contributed by atoms with Crippen LogP contribution in [-0.2, 0) is 6.54 Å². The van der Waals surface area contributed by atoms with Gasteiger partial charge in [0, 0.05) is 30.1 Å². The third-order valence-corrected chi connectivity index (χ3v) is 5.02. The summed E-state index contributed by atoms with van der Waals surface area (Å²) in [5.41, 5.74) is 2.33. The van der Waals surface area contributed by atoms with E-state index in [-0.39, 0.29) is 0 Å². The van der Waals surface area contributed by atoms with Crippen molar-refractivity contribution in [3.05, 3.63) is 35.6 Å². The molecule has 1 saturated carbocycles. The van der Waals surface area contributed by atoms with Crippen molar-refractivity contribution in [1.82, 2.24) is 10.2 Å². The zero-order valence-corrected chi connectivity index (χ0v) is 12.8. The van der Waals surface area contributed by atoms with Crippen LogP contribution in [0.2, 0.25) is 0 Å². The summed E-state index contributed by atoms with van der Waals surface area (Å²) in [5, 5.41) is 4.91. The first kappa shape index (κ1) is 13.4. The van der Waals surface area contributed by atoms with Crippen LogP contribution in [0.1, 0.15) is 30.6 Å². The summed E-state index contributed by atoms with van der Waals surface area (Å²) < 4.78 is 5.83. The molecule has 3 nitrogen and oxygen atoms in total. The topological polar surface area (TPSA) is 28.4 Å². The molecule has 1 saturated heterocycles. The first-order valence-electron chi connectivity index (χ1n) is 8.23. The van der Waals surface area contributed by atoms with E-state index in [4.69, 9.17) is 4.42 Å². The van der Waals surface area contributed by atoms with Crippen LogP contribution in [0.15, 0.2) is 28.7 Å². The Balaban J connectivity index is 1.35. The molecule has 2 heterocycles. The second kappa shape index (κ2) is 5.47. The Bertz CT molecular complexity index is 629. The number of nitrogens with zero attached hydrogens (tertiary/aromatic N) is 1. The number of likely N-dealkylation sites (tertiary alicyclic amines) is 1. The molecule has 1 aromatic carbocycles. The van der Waals surface area contributed by atoms with E-state index < -0.39 is 0 Å². The second-order valence-electron chi connectivity index (χ2n) is 6.64. The highest BCUT2D eigenvalue weighted by atomic mass is 16.3. The van der Waals surface area contributed by atoms with E-state index in [0.29, 0.717) is 0 Å². The molecule has 1 N–H and O–H groups in total. The normalized spacial score (nSPS) is 23.2. The average molecular weight is 284 g/mol. The fourth-order valence-electron chi connectivity index (χ4n) is 3.64. The van der Waals surface area contributed by atoms with E-state index in [1.165, 1.54) is 43.3 Å². The summed E-state index contributed by atoms with van der Waals surface area (Å²) >= 11 is 0. The van der Waals surface area contributed by atoms with Crippen LogP contribution >= 0.6 is 0 Å². The lowest BCUT2D eigenvalue weighted by Crippen LogP contribution is -2.27. The molecule has 2 aliphatic rings. The molecule has 112 valence electrons. The number of benzene rings is 1. The standard InChI is InChI=1S/C18H24N2O/c1-13-17(16-4-2-3-5-18(16)21-13)11-19-10-14-8-9-20(12-14)15-6-7-15/h2-5,14-15,19H,6-12H2,1H3. The van der Waals surface area contributed by atoms with Gasteiger partial charge in [-0.2, -0.15) is 0 Å². The molecule has 0 spiro atoms. The van der Waals surface area contributed by atoms with E-state index in [1.54, 1.807) is 0 Å². The summed E-state index contributed by atoms with van der Waals surface area (Å²) in [6.45, 7) is 6.72. The van der Waals surface area contributed by atoms with Gasteiger partial charge in [0.05, 0.1) is 0 Å². The zero-order chi connectivity index (χ0) is 14.2. The Morgan fingerprint density at radius 3 is 2.95 bits per heavy atom. The van der Waals surface area contributed by atoms with Gasteiger partial charge in [0.25, 0.3) is 0 Å². The molecule has 2 aromatic rings. The van der Waals surface area contributed by atoms with E-state index in [2.05, 4.69) is 35.3 Å². The van der Waals surface area contributed by atoms with Gasteiger partial charge in [-0.05, 0) is 51.3 Å². The minimum atomic E-state index is 0.823. The van der Waals surface area contributed by atoms with Gasteiger partial charge in [-0.3, -0.25) is 0 Å². The van der Waals surface area contributed by atoms with Gasteiger partial charge in [-0.1, -0.05) is 18.2 Å². The van der Waals surface area contributed by atoms with Gasteiger partial charge in [-0.25, -0.2) is 0 Å². The maximum absolute atomic E-state index is 5.83. The van der Waals surface area contributed by atoms with Gasteiger partial charge >= 0.3 is 0 Å². The molecule has 1 aromatic heterocycles. The quantitative estimate of drug-likeness (QED) is 0.913. The van der Waals surface area contributed by atoms with Gasteiger partial charge in [0.2, 0.25) is 0 Å². The number of furan rings is 1. The van der Waals surface area contributed by atoms with Crippen molar-refractivity contribution in [2.24, 2.45) is 5.92 Å². The molecule has 1 atom stereocenters. The van der Waals surface area contributed by atoms with Crippen molar-refractivity contribution in [3.63, 3.8) is 0 Å². The average Bonchev–Trinajstić information content (AvgIpc) is 3.15. The maximum atomic E-state index is 5.83. The van der Waals surface area contributed by atoms with Gasteiger partial charge in [0.15, 0.2) is 0 Å². The SMILES string of the molecule is Cc1oc2ccccc2c1CNCC1CCN(C2CC2)C1.